The summed E-state index contributed by atoms with van der Waals surface area (Å²) in [4.78, 5) is 8.01. The molecule has 1 aromatic heterocycles. The summed E-state index contributed by atoms with van der Waals surface area (Å²) in [6.45, 7) is 0.381. The minimum absolute atomic E-state index is 0.381. The quantitative estimate of drug-likeness (QED) is 0.370. The maximum absolute atomic E-state index is 6.08. The summed E-state index contributed by atoms with van der Waals surface area (Å²) in [6, 6.07) is 19.2. The van der Waals surface area contributed by atoms with Crippen LogP contribution in [0.5, 0.6) is 5.75 Å². The second-order valence-corrected chi connectivity index (χ2v) is 7.51. The average molecular weight is 448 g/mol. The van der Waals surface area contributed by atoms with Gasteiger partial charge in [-0.3, -0.25) is 0 Å². The molecule has 3 aromatic carbocycles. The van der Waals surface area contributed by atoms with E-state index < -0.39 is 0 Å². The second-order valence-electron chi connectivity index (χ2n) is 5.78. The van der Waals surface area contributed by atoms with Crippen molar-refractivity contribution in [2.24, 2.45) is 0 Å². The van der Waals surface area contributed by atoms with Crippen LogP contribution in [-0.4, -0.2) is 9.97 Å². The molecule has 3 nitrogen and oxygen atoms in total. The van der Waals surface area contributed by atoms with Gasteiger partial charge in [0.15, 0.2) is 0 Å². The fourth-order valence-corrected chi connectivity index (χ4v) is 3.37. The highest BCUT2D eigenvalue weighted by molar-refractivity contribution is 9.10. The average Bonchev–Trinajstić information content (AvgIpc) is 3.07. The van der Waals surface area contributed by atoms with Crippen LogP contribution in [0.2, 0.25) is 10.0 Å². The molecule has 6 heteroatoms. The molecule has 26 heavy (non-hydrogen) atoms. The number of H-pyrrole nitrogens is 1. The van der Waals surface area contributed by atoms with Crippen molar-refractivity contribution >= 4 is 50.2 Å². The molecule has 130 valence electrons. The molecule has 0 bridgehead atoms. The Morgan fingerprint density at radius 1 is 0.962 bits per heavy atom. The molecule has 4 aromatic rings. The molecule has 1 heterocycles. The van der Waals surface area contributed by atoms with E-state index in [2.05, 4.69) is 25.9 Å². The molecule has 0 atom stereocenters. The van der Waals surface area contributed by atoms with Gasteiger partial charge < -0.3 is 9.72 Å². The Kier molecular flexibility index (Phi) is 4.90. The van der Waals surface area contributed by atoms with E-state index in [1.54, 1.807) is 6.07 Å². The molecule has 1 N–H and O–H groups in total. The zero-order valence-corrected chi connectivity index (χ0v) is 16.6. The molecular weight excluding hydrogens is 435 g/mol. The highest BCUT2D eigenvalue weighted by Crippen LogP contribution is 2.33. The van der Waals surface area contributed by atoms with Gasteiger partial charge in [-0.2, -0.15) is 0 Å². The number of imidazole rings is 1. The number of para-hydroxylation sites is 2. The van der Waals surface area contributed by atoms with Crippen LogP contribution in [0.25, 0.3) is 22.4 Å². The molecule has 0 fully saturated rings. The SMILES string of the molecule is Clc1ccc(COc2ccc(Br)cc2-c2nc3ccccc3[nH]2)cc1Cl. The number of rotatable bonds is 4. The van der Waals surface area contributed by atoms with Gasteiger partial charge in [-0.1, -0.05) is 57.3 Å². The van der Waals surface area contributed by atoms with Gasteiger partial charge in [0.2, 0.25) is 0 Å². The van der Waals surface area contributed by atoms with Gasteiger partial charge >= 0.3 is 0 Å². The highest BCUT2D eigenvalue weighted by Gasteiger charge is 2.12. The van der Waals surface area contributed by atoms with Crippen LogP contribution in [-0.2, 0) is 6.61 Å². The van der Waals surface area contributed by atoms with Gasteiger partial charge in [0, 0.05) is 4.47 Å². The molecule has 0 aliphatic carbocycles. The van der Waals surface area contributed by atoms with Crippen molar-refractivity contribution < 1.29 is 4.74 Å². The summed E-state index contributed by atoms with van der Waals surface area (Å²) >= 11 is 15.6. The first kappa shape index (κ1) is 17.4. The molecular formula is C20H13BrCl2N2O. The summed E-state index contributed by atoms with van der Waals surface area (Å²) in [5.41, 5.74) is 3.73. The molecule has 0 saturated heterocycles. The number of hydrogen-bond donors (Lipinski definition) is 1. The monoisotopic (exact) mass is 446 g/mol. The number of nitrogens with one attached hydrogen (secondary N) is 1. The van der Waals surface area contributed by atoms with E-state index >= 15 is 0 Å². The lowest BCUT2D eigenvalue weighted by Crippen LogP contribution is -1.98. The Hall–Kier alpha value is -2.01. The number of nitrogens with zero attached hydrogens (tertiary/aromatic N) is 1. The zero-order valence-electron chi connectivity index (χ0n) is 13.5. The minimum atomic E-state index is 0.381. The zero-order chi connectivity index (χ0) is 18.1. The fourth-order valence-electron chi connectivity index (χ4n) is 2.68. The van der Waals surface area contributed by atoms with E-state index in [9.17, 15) is 0 Å². The van der Waals surface area contributed by atoms with Crippen molar-refractivity contribution in [1.82, 2.24) is 9.97 Å². The third kappa shape index (κ3) is 3.58. The van der Waals surface area contributed by atoms with E-state index in [1.807, 2.05) is 54.6 Å². The van der Waals surface area contributed by atoms with Crippen molar-refractivity contribution in [3.05, 3.63) is 80.7 Å². The van der Waals surface area contributed by atoms with Crippen LogP contribution in [0.1, 0.15) is 5.56 Å². The number of benzene rings is 3. The van der Waals surface area contributed by atoms with Crippen LogP contribution >= 0.6 is 39.1 Å². The number of aromatic nitrogens is 2. The van der Waals surface area contributed by atoms with Crippen molar-refractivity contribution in [2.45, 2.75) is 6.61 Å². The first-order chi connectivity index (χ1) is 12.6. The van der Waals surface area contributed by atoms with E-state index in [0.29, 0.717) is 16.7 Å². The topological polar surface area (TPSA) is 37.9 Å². The van der Waals surface area contributed by atoms with E-state index in [0.717, 1.165) is 38.2 Å². The van der Waals surface area contributed by atoms with Crippen molar-refractivity contribution in [1.29, 1.82) is 0 Å². The molecule has 0 spiro atoms. The number of halogens is 3. The molecule has 0 aliphatic heterocycles. The van der Waals surface area contributed by atoms with Crippen LogP contribution in [0.4, 0.5) is 0 Å². The fraction of sp³-hybridized carbons (Fsp3) is 0.0500. The smallest absolute Gasteiger partial charge is 0.142 e. The number of fused-ring (bicyclic) bond motifs is 1. The molecule has 0 aliphatic rings. The molecule has 0 saturated carbocycles. The molecule has 0 amide bonds. The van der Waals surface area contributed by atoms with Gasteiger partial charge in [0.25, 0.3) is 0 Å². The molecule has 4 rings (SSSR count). The number of hydrogen-bond acceptors (Lipinski definition) is 2. The lowest BCUT2D eigenvalue weighted by molar-refractivity contribution is 0.307. The van der Waals surface area contributed by atoms with E-state index in [4.69, 9.17) is 27.9 Å². The largest absolute Gasteiger partial charge is 0.488 e. The Morgan fingerprint density at radius 3 is 2.62 bits per heavy atom. The third-order valence-corrected chi connectivity index (χ3v) is 5.20. The lowest BCUT2D eigenvalue weighted by Gasteiger charge is -2.11. The van der Waals surface area contributed by atoms with Gasteiger partial charge in [-0.05, 0) is 48.0 Å². The van der Waals surface area contributed by atoms with Crippen molar-refractivity contribution in [2.75, 3.05) is 0 Å². The third-order valence-electron chi connectivity index (χ3n) is 3.96. The van der Waals surface area contributed by atoms with Gasteiger partial charge in [0.1, 0.15) is 18.2 Å². The van der Waals surface area contributed by atoms with Crippen LogP contribution in [0.3, 0.4) is 0 Å². The normalized spacial score (nSPS) is 11.0. The number of ether oxygens (including phenoxy) is 1. The van der Waals surface area contributed by atoms with Crippen LogP contribution in [0, 0.1) is 0 Å². The summed E-state index contributed by atoms with van der Waals surface area (Å²) in [5.74, 6) is 1.50. The van der Waals surface area contributed by atoms with E-state index in [-0.39, 0.29) is 0 Å². The van der Waals surface area contributed by atoms with Crippen molar-refractivity contribution in [3.63, 3.8) is 0 Å². The summed E-state index contributed by atoms with van der Waals surface area (Å²) < 4.78 is 6.99. The van der Waals surface area contributed by atoms with Gasteiger partial charge in [-0.25, -0.2) is 4.98 Å². The standard InChI is InChI=1S/C20H13BrCl2N2O/c21-13-6-8-19(26-11-12-5-7-15(22)16(23)9-12)14(10-13)20-24-17-3-1-2-4-18(17)25-20/h1-10H,11H2,(H,24,25). The first-order valence-corrected chi connectivity index (χ1v) is 9.46. The second kappa shape index (κ2) is 7.31. The highest BCUT2D eigenvalue weighted by atomic mass is 79.9. The van der Waals surface area contributed by atoms with Crippen LogP contribution < -0.4 is 4.74 Å². The molecule has 0 unspecified atom stereocenters. The maximum Gasteiger partial charge on any atom is 0.142 e. The van der Waals surface area contributed by atoms with Crippen molar-refractivity contribution in [3.8, 4) is 17.1 Å². The predicted molar refractivity (Wildman–Crippen MR) is 110 cm³/mol. The Morgan fingerprint density at radius 2 is 1.81 bits per heavy atom. The maximum atomic E-state index is 6.08. The summed E-state index contributed by atoms with van der Waals surface area (Å²) in [6.07, 6.45) is 0. The Balaban J connectivity index is 1.67. The molecule has 0 radical (unpaired) electrons. The summed E-state index contributed by atoms with van der Waals surface area (Å²) in [5, 5.41) is 1.04. The van der Waals surface area contributed by atoms with Gasteiger partial charge in [-0.15, -0.1) is 0 Å². The Labute approximate surface area is 169 Å². The number of aromatic amines is 1. The minimum Gasteiger partial charge on any atom is -0.488 e. The van der Waals surface area contributed by atoms with Crippen LogP contribution in [0.15, 0.2) is 65.1 Å². The van der Waals surface area contributed by atoms with E-state index in [1.165, 1.54) is 0 Å². The Bertz CT molecular complexity index is 1060. The summed E-state index contributed by atoms with van der Waals surface area (Å²) in [7, 11) is 0. The predicted octanol–water partition coefficient (Wildman–Crippen LogP) is 6.88. The lowest BCUT2D eigenvalue weighted by atomic mass is 10.2. The first-order valence-electron chi connectivity index (χ1n) is 7.91. The van der Waals surface area contributed by atoms with Gasteiger partial charge in [0.05, 0.1) is 26.6 Å².